The molecule has 112 valence electrons. The van der Waals surface area contributed by atoms with Crippen LogP contribution in [-0.4, -0.2) is 63.5 Å². The third-order valence-electron chi connectivity index (χ3n) is 4.11. The van der Waals surface area contributed by atoms with Crippen molar-refractivity contribution in [1.29, 1.82) is 0 Å². The molecule has 1 N–H and O–H groups in total. The molecule has 2 fully saturated rings. The predicted octanol–water partition coefficient (Wildman–Crippen LogP) is 0.723. The lowest BCUT2D eigenvalue weighted by atomic mass is 10.1. The van der Waals surface area contributed by atoms with E-state index in [1.165, 1.54) is 11.3 Å². The summed E-state index contributed by atoms with van der Waals surface area (Å²) in [6.45, 7) is 5.90. The van der Waals surface area contributed by atoms with Gasteiger partial charge in [0, 0.05) is 38.3 Å². The molecule has 0 radical (unpaired) electrons. The highest BCUT2D eigenvalue weighted by atomic mass is 32.2. The van der Waals surface area contributed by atoms with Gasteiger partial charge in [0.05, 0.1) is 0 Å². The summed E-state index contributed by atoms with van der Waals surface area (Å²) in [5, 5.41) is 1.88. The maximum Gasteiger partial charge on any atom is 0.250 e. The van der Waals surface area contributed by atoms with E-state index in [1.54, 1.807) is 6.07 Å². The van der Waals surface area contributed by atoms with Crippen LogP contribution in [0.25, 0.3) is 0 Å². The quantitative estimate of drug-likeness (QED) is 0.893. The van der Waals surface area contributed by atoms with Crippen LogP contribution < -0.4 is 4.72 Å². The lowest BCUT2D eigenvalue weighted by Gasteiger charge is -2.35. The highest BCUT2D eigenvalue weighted by Gasteiger charge is 2.37. The molecule has 0 aromatic carbocycles. The third kappa shape index (κ3) is 2.92. The van der Waals surface area contributed by atoms with Crippen molar-refractivity contribution >= 4 is 21.4 Å². The summed E-state index contributed by atoms with van der Waals surface area (Å²) in [5.74, 6) is 0. The molecule has 5 nitrogen and oxygen atoms in total. The summed E-state index contributed by atoms with van der Waals surface area (Å²) in [6, 6.07) is 2.27. The van der Waals surface area contributed by atoms with Crippen LogP contribution in [0.2, 0.25) is 0 Å². The number of thiophene rings is 1. The molecule has 2 aliphatic rings. The molecular formula is C13H21N3O2S2. The standard InChI is InChI=1S/C13H21N3O2S2/c1-10-5-13(19-9-10)20(17,18)14-11-6-12-8-15(2)3-4-16(12)7-11/h5,9,11-12,14H,3-4,6-8H2,1-2H3/t11-,12-/m0/s1. The average molecular weight is 315 g/mol. The fraction of sp³-hybridized carbons (Fsp3) is 0.692. The van der Waals surface area contributed by atoms with Crippen molar-refractivity contribution in [3.63, 3.8) is 0 Å². The third-order valence-corrected chi connectivity index (χ3v) is 7.19. The van der Waals surface area contributed by atoms with Gasteiger partial charge in [0.25, 0.3) is 0 Å². The van der Waals surface area contributed by atoms with Crippen molar-refractivity contribution in [3.8, 4) is 0 Å². The van der Waals surface area contributed by atoms with E-state index in [2.05, 4.69) is 21.6 Å². The number of aryl methyl sites for hydroxylation is 1. The summed E-state index contributed by atoms with van der Waals surface area (Å²) >= 11 is 1.29. The maximum absolute atomic E-state index is 12.3. The molecule has 0 amide bonds. The smallest absolute Gasteiger partial charge is 0.250 e. The molecule has 7 heteroatoms. The number of hydrogen-bond donors (Lipinski definition) is 1. The normalized spacial score (nSPS) is 28.7. The number of fused-ring (bicyclic) bond motifs is 1. The molecule has 20 heavy (non-hydrogen) atoms. The monoisotopic (exact) mass is 315 g/mol. The van der Waals surface area contributed by atoms with Crippen LogP contribution in [0.3, 0.4) is 0 Å². The van der Waals surface area contributed by atoms with E-state index in [0.29, 0.717) is 10.3 Å². The van der Waals surface area contributed by atoms with Gasteiger partial charge in [-0.1, -0.05) is 0 Å². The van der Waals surface area contributed by atoms with E-state index in [0.717, 1.165) is 38.2 Å². The van der Waals surface area contributed by atoms with Crippen molar-refractivity contribution in [3.05, 3.63) is 17.0 Å². The number of rotatable bonds is 3. The summed E-state index contributed by atoms with van der Waals surface area (Å²) in [5.41, 5.74) is 1.00. The molecular weight excluding hydrogens is 294 g/mol. The van der Waals surface area contributed by atoms with Gasteiger partial charge in [-0.25, -0.2) is 13.1 Å². The number of sulfonamides is 1. The zero-order valence-corrected chi connectivity index (χ0v) is 13.5. The first kappa shape index (κ1) is 14.5. The minimum Gasteiger partial charge on any atom is -0.304 e. The van der Waals surface area contributed by atoms with Gasteiger partial charge in [0.15, 0.2) is 0 Å². The molecule has 0 aliphatic carbocycles. The fourth-order valence-electron chi connectivity index (χ4n) is 3.11. The van der Waals surface area contributed by atoms with Gasteiger partial charge in [0.1, 0.15) is 4.21 Å². The van der Waals surface area contributed by atoms with E-state index in [-0.39, 0.29) is 6.04 Å². The maximum atomic E-state index is 12.3. The van der Waals surface area contributed by atoms with E-state index in [4.69, 9.17) is 0 Å². The molecule has 0 saturated carbocycles. The minimum absolute atomic E-state index is 0.0407. The Morgan fingerprint density at radius 3 is 2.85 bits per heavy atom. The van der Waals surface area contributed by atoms with Crippen LogP contribution >= 0.6 is 11.3 Å². The van der Waals surface area contributed by atoms with Crippen LogP contribution in [0.5, 0.6) is 0 Å². The fourth-order valence-corrected chi connectivity index (χ4v) is 5.59. The van der Waals surface area contributed by atoms with Crippen molar-refractivity contribution in [2.24, 2.45) is 0 Å². The van der Waals surface area contributed by atoms with E-state index < -0.39 is 10.0 Å². The van der Waals surface area contributed by atoms with Gasteiger partial charge >= 0.3 is 0 Å². The summed E-state index contributed by atoms with van der Waals surface area (Å²) in [6.07, 6.45) is 0.911. The van der Waals surface area contributed by atoms with Gasteiger partial charge in [-0.2, -0.15) is 0 Å². The molecule has 2 atom stereocenters. The van der Waals surface area contributed by atoms with Gasteiger partial charge in [-0.15, -0.1) is 11.3 Å². The van der Waals surface area contributed by atoms with E-state index in [1.807, 2.05) is 12.3 Å². The Bertz CT molecular complexity index is 584. The molecule has 0 bridgehead atoms. The number of nitrogens with one attached hydrogen (secondary N) is 1. The Balaban J connectivity index is 1.67. The summed E-state index contributed by atoms with van der Waals surface area (Å²) < 4.78 is 28.0. The first-order valence-corrected chi connectivity index (χ1v) is 9.30. The number of piperazine rings is 1. The van der Waals surface area contributed by atoms with Gasteiger partial charge in [-0.05, 0) is 37.4 Å². The Labute approximate surface area is 124 Å². The Morgan fingerprint density at radius 2 is 2.15 bits per heavy atom. The zero-order chi connectivity index (χ0) is 14.3. The average Bonchev–Trinajstić information content (AvgIpc) is 2.94. The van der Waals surface area contributed by atoms with Gasteiger partial charge in [-0.3, -0.25) is 4.90 Å². The molecule has 2 aliphatic heterocycles. The van der Waals surface area contributed by atoms with Crippen LogP contribution in [0, 0.1) is 6.92 Å². The molecule has 1 aromatic rings. The molecule has 3 heterocycles. The molecule has 1 aromatic heterocycles. The van der Waals surface area contributed by atoms with E-state index in [9.17, 15) is 8.42 Å². The first-order chi connectivity index (χ1) is 9.44. The molecule has 3 rings (SSSR count). The highest BCUT2D eigenvalue weighted by Crippen LogP contribution is 2.24. The van der Waals surface area contributed by atoms with Crippen molar-refractivity contribution in [2.45, 2.75) is 29.6 Å². The number of likely N-dealkylation sites (N-methyl/N-ethyl adjacent to an activating group) is 1. The zero-order valence-electron chi connectivity index (χ0n) is 11.9. The van der Waals surface area contributed by atoms with Crippen LogP contribution in [0.15, 0.2) is 15.7 Å². The Morgan fingerprint density at radius 1 is 1.35 bits per heavy atom. The van der Waals surface area contributed by atoms with Crippen molar-refractivity contribution in [2.75, 3.05) is 33.2 Å². The Kier molecular flexibility index (Phi) is 3.89. The topological polar surface area (TPSA) is 52.7 Å². The largest absolute Gasteiger partial charge is 0.304 e. The lowest BCUT2D eigenvalue weighted by Crippen LogP contribution is -2.48. The minimum atomic E-state index is -3.35. The summed E-state index contributed by atoms with van der Waals surface area (Å²) in [7, 11) is -1.22. The highest BCUT2D eigenvalue weighted by molar-refractivity contribution is 7.91. The second kappa shape index (κ2) is 5.38. The molecule has 0 spiro atoms. The molecule has 2 saturated heterocycles. The predicted molar refractivity (Wildman–Crippen MR) is 80.6 cm³/mol. The lowest BCUT2D eigenvalue weighted by molar-refractivity contribution is 0.124. The van der Waals surface area contributed by atoms with Crippen LogP contribution in [0.1, 0.15) is 12.0 Å². The van der Waals surface area contributed by atoms with Gasteiger partial charge < -0.3 is 4.90 Å². The van der Waals surface area contributed by atoms with E-state index >= 15 is 0 Å². The SMILES string of the molecule is Cc1csc(S(=O)(=O)N[C@H]2C[C@H]3CN(C)CCN3C2)c1. The second-order valence-corrected chi connectivity index (χ2v) is 8.76. The van der Waals surface area contributed by atoms with Crippen molar-refractivity contribution < 1.29 is 8.42 Å². The van der Waals surface area contributed by atoms with Gasteiger partial charge in [0.2, 0.25) is 10.0 Å². The first-order valence-electron chi connectivity index (χ1n) is 6.94. The molecule has 0 unspecified atom stereocenters. The second-order valence-electron chi connectivity index (χ2n) is 5.91. The Hall–Kier alpha value is -0.470. The number of nitrogens with zero attached hydrogens (tertiary/aromatic N) is 2. The van der Waals surface area contributed by atoms with Crippen LogP contribution in [0.4, 0.5) is 0 Å². The number of hydrogen-bond acceptors (Lipinski definition) is 5. The van der Waals surface area contributed by atoms with Crippen LogP contribution in [-0.2, 0) is 10.0 Å². The summed E-state index contributed by atoms with van der Waals surface area (Å²) in [4.78, 5) is 4.73. The van der Waals surface area contributed by atoms with Crippen molar-refractivity contribution in [1.82, 2.24) is 14.5 Å².